The molecule has 1 amide bonds. The third-order valence-corrected chi connectivity index (χ3v) is 6.19. The first-order valence-electron chi connectivity index (χ1n) is 7.50. The molecule has 1 aromatic carbocycles. The molecule has 0 aliphatic carbocycles. The van der Waals surface area contributed by atoms with E-state index in [0.29, 0.717) is 26.2 Å². The molecule has 128 valence electrons. The molecule has 0 bridgehead atoms. The first-order valence-corrected chi connectivity index (χ1v) is 10.3. The third kappa shape index (κ3) is 3.85. The van der Waals surface area contributed by atoms with Gasteiger partial charge in [0.25, 0.3) is 0 Å². The molecule has 1 aliphatic heterocycles. The Morgan fingerprint density at radius 1 is 1.17 bits per heavy atom. The molecule has 1 aliphatic rings. The summed E-state index contributed by atoms with van der Waals surface area (Å²) in [4.78, 5) is 22.5. The maximum atomic E-state index is 12.4. The van der Waals surface area contributed by atoms with Gasteiger partial charge in [0.1, 0.15) is 11.4 Å². The van der Waals surface area contributed by atoms with Crippen LogP contribution in [0.4, 0.5) is 0 Å². The molecule has 1 saturated heterocycles. The molecule has 1 aromatic heterocycles. The number of hydrogen-bond acceptors (Lipinski definition) is 6. The van der Waals surface area contributed by atoms with Gasteiger partial charge < -0.3 is 4.90 Å². The summed E-state index contributed by atoms with van der Waals surface area (Å²) in [7, 11) is -3.18. The molecule has 2 heterocycles. The zero-order chi connectivity index (χ0) is 17.2. The van der Waals surface area contributed by atoms with Gasteiger partial charge in [0, 0.05) is 31.6 Å². The fraction of sp³-hybridized carbons (Fsp3) is 0.400. The van der Waals surface area contributed by atoms with Gasteiger partial charge >= 0.3 is 0 Å². The lowest BCUT2D eigenvalue weighted by atomic mass is 10.2. The second kappa shape index (κ2) is 7.04. The zero-order valence-corrected chi connectivity index (χ0v) is 14.9. The van der Waals surface area contributed by atoms with Gasteiger partial charge in [0.15, 0.2) is 0 Å². The maximum absolute atomic E-state index is 12.4. The van der Waals surface area contributed by atoms with Crippen molar-refractivity contribution in [3.05, 3.63) is 30.6 Å². The van der Waals surface area contributed by atoms with Crippen molar-refractivity contribution in [3.63, 3.8) is 0 Å². The average molecular weight is 366 g/mol. The lowest BCUT2D eigenvalue weighted by molar-refractivity contribution is -0.129. The molecule has 0 spiro atoms. The van der Waals surface area contributed by atoms with Crippen molar-refractivity contribution in [2.24, 2.45) is 0 Å². The molecule has 0 atom stereocenters. The number of nitrogens with zero attached hydrogens (tertiary/aromatic N) is 4. The predicted molar refractivity (Wildman–Crippen MR) is 93.3 cm³/mol. The summed E-state index contributed by atoms with van der Waals surface area (Å²) in [5.41, 5.74) is 0.851. The standard InChI is InChI=1S/C15H18N4O3S2/c1-24(21,22)19-8-6-18(7-9-19)14(20)10-23-15-12-4-2-3-5-13(12)16-11-17-15/h2-5,11H,6-10H2,1H3. The maximum Gasteiger partial charge on any atom is 0.233 e. The first-order chi connectivity index (χ1) is 11.4. The second-order valence-electron chi connectivity index (χ2n) is 5.53. The number of aromatic nitrogens is 2. The van der Waals surface area contributed by atoms with E-state index in [4.69, 9.17) is 0 Å². The van der Waals surface area contributed by atoms with Crippen molar-refractivity contribution in [2.75, 3.05) is 38.2 Å². The van der Waals surface area contributed by atoms with Crippen molar-refractivity contribution in [1.82, 2.24) is 19.2 Å². The molecule has 2 aromatic rings. The monoisotopic (exact) mass is 366 g/mol. The summed E-state index contributed by atoms with van der Waals surface area (Å²) < 4.78 is 24.4. The van der Waals surface area contributed by atoms with Crippen LogP contribution in [-0.4, -0.2) is 71.7 Å². The smallest absolute Gasteiger partial charge is 0.233 e. The SMILES string of the molecule is CS(=O)(=O)N1CCN(C(=O)CSc2ncnc3ccccc23)CC1. The van der Waals surface area contributed by atoms with Gasteiger partial charge in [0.05, 0.1) is 17.5 Å². The number of carbonyl (C=O) groups excluding carboxylic acids is 1. The Kier molecular flexibility index (Phi) is 5.02. The number of hydrogen-bond donors (Lipinski definition) is 0. The van der Waals surface area contributed by atoms with Gasteiger partial charge in [-0.3, -0.25) is 4.79 Å². The summed E-state index contributed by atoms with van der Waals surface area (Å²) in [6.45, 7) is 1.56. The Hall–Kier alpha value is -1.71. The predicted octanol–water partition coefficient (Wildman–Crippen LogP) is 0.826. The first kappa shape index (κ1) is 17.1. The summed E-state index contributed by atoms with van der Waals surface area (Å²) >= 11 is 1.38. The minimum atomic E-state index is -3.18. The van der Waals surface area contributed by atoms with Gasteiger partial charge in [-0.25, -0.2) is 18.4 Å². The van der Waals surface area contributed by atoms with E-state index in [9.17, 15) is 13.2 Å². The number of amides is 1. The van der Waals surface area contributed by atoms with Crippen LogP contribution in [0.2, 0.25) is 0 Å². The molecule has 0 saturated carbocycles. The van der Waals surface area contributed by atoms with Crippen LogP contribution >= 0.6 is 11.8 Å². The van der Waals surface area contributed by atoms with Crippen LogP contribution in [0.25, 0.3) is 10.9 Å². The zero-order valence-electron chi connectivity index (χ0n) is 13.3. The molecule has 24 heavy (non-hydrogen) atoms. The molecule has 0 N–H and O–H groups in total. The minimum Gasteiger partial charge on any atom is -0.339 e. The van der Waals surface area contributed by atoms with Gasteiger partial charge in [0.2, 0.25) is 15.9 Å². The summed E-state index contributed by atoms with van der Waals surface area (Å²) in [6, 6.07) is 7.68. The number of thioether (sulfide) groups is 1. The average Bonchev–Trinajstić information content (AvgIpc) is 2.59. The van der Waals surface area contributed by atoms with Crippen molar-refractivity contribution in [2.45, 2.75) is 5.03 Å². The van der Waals surface area contributed by atoms with E-state index >= 15 is 0 Å². The van der Waals surface area contributed by atoms with Crippen LogP contribution in [0.5, 0.6) is 0 Å². The highest BCUT2D eigenvalue weighted by Crippen LogP contribution is 2.24. The van der Waals surface area contributed by atoms with Crippen LogP contribution in [-0.2, 0) is 14.8 Å². The number of rotatable bonds is 4. The van der Waals surface area contributed by atoms with E-state index in [1.54, 1.807) is 4.90 Å². The minimum absolute atomic E-state index is 0.00385. The molecule has 0 unspecified atom stereocenters. The number of para-hydroxylation sites is 1. The van der Waals surface area contributed by atoms with Gasteiger partial charge in [-0.1, -0.05) is 30.0 Å². The highest BCUT2D eigenvalue weighted by atomic mass is 32.2. The third-order valence-electron chi connectivity index (χ3n) is 3.90. The van der Waals surface area contributed by atoms with Crippen LogP contribution in [0.1, 0.15) is 0 Å². The van der Waals surface area contributed by atoms with E-state index < -0.39 is 10.0 Å². The van der Waals surface area contributed by atoms with Crippen LogP contribution in [0.15, 0.2) is 35.6 Å². The number of piperazine rings is 1. The lowest BCUT2D eigenvalue weighted by Gasteiger charge is -2.33. The molecule has 0 radical (unpaired) electrons. The Bertz CT molecular complexity index is 843. The molecular formula is C15H18N4O3S2. The summed E-state index contributed by atoms with van der Waals surface area (Å²) in [5, 5.41) is 1.71. The van der Waals surface area contributed by atoms with Crippen molar-refractivity contribution in [3.8, 4) is 0 Å². The van der Waals surface area contributed by atoms with Gasteiger partial charge in [-0.15, -0.1) is 0 Å². The highest BCUT2D eigenvalue weighted by Gasteiger charge is 2.26. The fourth-order valence-corrected chi connectivity index (χ4v) is 4.30. The molecular weight excluding hydrogens is 348 g/mol. The van der Waals surface area contributed by atoms with E-state index in [-0.39, 0.29) is 11.7 Å². The van der Waals surface area contributed by atoms with Crippen molar-refractivity contribution >= 4 is 38.6 Å². The number of benzene rings is 1. The van der Waals surface area contributed by atoms with E-state index in [1.807, 2.05) is 24.3 Å². The van der Waals surface area contributed by atoms with Gasteiger partial charge in [-0.2, -0.15) is 4.31 Å². The summed E-state index contributed by atoms with van der Waals surface area (Å²) in [5.74, 6) is 0.274. The Morgan fingerprint density at radius 3 is 2.58 bits per heavy atom. The summed E-state index contributed by atoms with van der Waals surface area (Å²) in [6.07, 6.45) is 2.70. The second-order valence-corrected chi connectivity index (χ2v) is 8.47. The Balaban J connectivity index is 1.60. The Labute approximate surface area is 145 Å². The van der Waals surface area contributed by atoms with Crippen LogP contribution < -0.4 is 0 Å². The molecule has 3 rings (SSSR count). The van der Waals surface area contributed by atoms with Crippen molar-refractivity contribution in [1.29, 1.82) is 0 Å². The van der Waals surface area contributed by atoms with E-state index in [2.05, 4.69) is 9.97 Å². The number of carbonyl (C=O) groups is 1. The van der Waals surface area contributed by atoms with Crippen molar-refractivity contribution < 1.29 is 13.2 Å². The molecule has 7 nitrogen and oxygen atoms in total. The van der Waals surface area contributed by atoms with Crippen LogP contribution in [0.3, 0.4) is 0 Å². The van der Waals surface area contributed by atoms with E-state index in [0.717, 1.165) is 15.9 Å². The van der Waals surface area contributed by atoms with Crippen LogP contribution in [0, 0.1) is 0 Å². The Morgan fingerprint density at radius 2 is 1.88 bits per heavy atom. The lowest BCUT2D eigenvalue weighted by Crippen LogP contribution is -2.50. The number of sulfonamides is 1. The highest BCUT2D eigenvalue weighted by molar-refractivity contribution is 8.00. The molecule has 9 heteroatoms. The largest absolute Gasteiger partial charge is 0.339 e. The topological polar surface area (TPSA) is 83.5 Å². The van der Waals surface area contributed by atoms with Gasteiger partial charge in [-0.05, 0) is 6.07 Å². The normalized spacial score (nSPS) is 16.5. The fourth-order valence-electron chi connectivity index (χ4n) is 2.59. The quantitative estimate of drug-likeness (QED) is 0.589. The van der Waals surface area contributed by atoms with E-state index in [1.165, 1.54) is 28.7 Å². The number of fused-ring (bicyclic) bond motifs is 1. The molecule has 1 fully saturated rings.